The third-order valence-electron chi connectivity index (χ3n) is 2.94. The predicted molar refractivity (Wildman–Crippen MR) is 75.5 cm³/mol. The van der Waals surface area contributed by atoms with Crippen LogP contribution in [0.5, 0.6) is 0 Å². The van der Waals surface area contributed by atoms with Crippen LogP contribution in [0, 0.1) is 10.1 Å². The Labute approximate surface area is 115 Å². The van der Waals surface area contributed by atoms with Crippen molar-refractivity contribution in [1.82, 2.24) is 0 Å². The molecule has 0 radical (unpaired) electrons. The molecule has 0 fully saturated rings. The molecular weight excluding hydrogens is 262 g/mol. The number of non-ortho nitro benzene ring substituents is 1. The Morgan fingerprint density at radius 1 is 1.26 bits per heavy atom. The number of aryl methyl sites for hydroxylation is 1. The van der Waals surface area contributed by atoms with Crippen LogP contribution in [-0.4, -0.2) is 10.0 Å². The van der Waals surface area contributed by atoms with Crippen molar-refractivity contribution in [2.24, 2.45) is 0 Å². The third kappa shape index (κ3) is 3.39. The van der Waals surface area contributed by atoms with Crippen molar-refractivity contribution in [3.05, 3.63) is 61.8 Å². The van der Waals surface area contributed by atoms with Crippen LogP contribution in [0.2, 0.25) is 0 Å². The Morgan fingerprint density at radius 2 is 1.95 bits per heavy atom. The summed E-state index contributed by atoms with van der Waals surface area (Å²) in [5.41, 5.74) is 0.965. The van der Waals surface area contributed by atoms with E-state index in [9.17, 15) is 15.2 Å². The molecule has 1 unspecified atom stereocenters. The first kappa shape index (κ1) is 13.7. The smallest absolute Gasteiger partial charge is 0.269 e. The van der Waals surface area contributed by atoms with Gasteiger partial charge in [-0.25, -0.2) is 0 Å². The first-order valence-corrected chi connectivity index (χ1v) is 6.91. The number of nitro benzene ring substituents is 1. The van der Waals surface area contributed by atoms with Gasteiger partial charge in [0.1, 0.15) is 0 Å². The van der Waals surface area contributed by atoms with Gasteiger partial charge in [-0.15, -0.1) is 11.3 Å². The lowest BCUT2D eigenvalue weighted by Crippen LogP contribution is -1.99. The fraction of sp³-hybridized carbons (Fsp3) is 0.286. The molecule has 0 aliphatic rings. The zero-order valence-corrected chi connectivity index (χ0v) is 11.4. The van der Waals surface area contributed by atoms with Crippen molar-refractivity contribution < 1.29 is 10.0 Å². The van der Waals surface area contributed by atoms with E-state index in [-0.39, 0.29) is 5.69 Å². The molecule has 1 heterocycles. The van der Waals surface area contributed by atoms with E-state index in [0.29, 0.717) is 6.42 Å². The molecule has 1 N–H and O–H groups in total. The maximum absolute atomic E-state index is 10.5. The number of aliphatic hydroxyl groups is 1. The van der Waals surface area contributed by atoms with E-state index >= 15 is 0 Å². The number of nitro groups is 1. The van der Waals surface area contributed by atoms with Crippen LogP contribution in [0.25, 0.3) is 0 Å². The van der Waals surface area contributed by atoms with Crippen molar-refractivity contribution in [2.75, 3.05) is 0 Å². The minimum Gasteiger partial charge on any atom is -0.387 e. The van der Waals surface area contributed by atoms with Crippen molar-refractivity contribution in [1.29, 1.82) is 0 Å². The van der Waals surface area contributed by atoms with Gasteiger partial charge in [-0.3, -0.25) is 10.1 Å². The lowest BCUT2D eigenvalue weighted by Gasteiger charge is -2.08. The fourth-order valence-electron chi connectivity index (χ4n) is 1.84. The van der Waals surface area contributed by atoms with Crippen molar-refractivity contribution in [3.63, 3.8) is 0 Å². The molecule has 4 nitrogen and oxygen atoms in total. The standard InChI is InChI=1S/C14H15NO3S/c1-2-12-7-8-14(19-12)13(16)9-10-3-5-11(6-4-10)15(17)18/h3-8,13,16H,2,9H2,1H3. The monoisotopic (exact) mass is 277 g/mol. The summed E-state index contributed by atoms with van der Waals surface area (Å²) >= 11 is 1.61. The van der Waals surface area contributed by atoms with Crippen molar-refractivity contribution >= 4 is 17.0 Å². The van der Waals surface area contributed by atoms with Crippen LogP contribution >= 0.6 is 11.3 Å². The first-order valence-electron chi connectivity index (χ1n) is 6.10. The largest absolute Gasteiger partial charge is 0.387 e. The van der Waals surface area contributed by atoms with E-state index in [1.54, 1.807) is 23.5 Å². The highest BCUT2D eigenvalue weighted by atomic mass is 32.1. The Morgan fingerprint density at radius 3 is 2.47 bits per heavy atom. The number of hydrogen-bond donors (Lipinski definition) is 1. The molecule has 1 aromatic carbocycles. The van der Waals surface area contributed by atoms with Crippen molar-refractivity contribution in [3.8, 4) is 0 Å². The van der Waals surface area contributed by atoms with Crippen LogP contribution in [0.3, 0.4) is 0 Å². The summed E-state index contributed by atoms with van der Waals surface area (Å²) in [6.07, 6.45) is 0.892. The van der Waals surface area contributed by atoms with E-state index in [1.807, 2.05) is 12.1 Å². The second-order valence-corrected chi connectivity index (χ2v) is 5.50. The number of benzene rings is 1. The van der Waals surface area contributed by atoms with Gasteiger partial charge in [0.15, 0.2) is 0 Å². The molecule has 0 amide bonds. The lowest BCUT2D eigenvalue weighted by atomic mass is 10.1. The quantitative estimate of drug-likeness (QED) is 0.672. The van der Waals surface area contributed by atoms with E-state index in [4.69, 9.17) is 0 Å². The lowest BCUT2D eigenvalue weighted by molar-refractivity contribution is -0.384. The summed E-state index contributed by atoms with van der Waals surface area (Å²) in [6.45, 7) is 2.08. The second kappa shape index (κ2) is 5.95. The molecule has 0 aliphatic heterocycles. The Balaban J connectivity index is 2.05. The predicted octanol–water partition coefficient (Wildman–Crippen LogP) is 3.49. The molecule has 0 spiro atoms. The molecule has 2 aromatic rings. The number of aliphatic hydroxyl groups excluding tert-OH is 1. The van der Waals surface area contributed by atoms with E-state index < -0.39 is 11.0 Å². The molecule has 0 aliphatic carbocycles. The number of hydrogen-bond acceptors (Lipinski definition) is 4. The van der Waals surface area contributed by atoms with Gasteiger partial charge in [-0.2, -0.15) is 0 Å². The van der Waals surface area contributed by atoms with Crippen molar-refractivity contribution in [2.45, 2.75) is 25.9 Å². The van der Waals surface area contributed by atoms with Gasteiger partial charge in [0.2, 0.25) is 0 Å². The van der Waals surface area contributed by atoms with Gasteiger partial charge in [-0.1, -0.05) is 19.1 Å². The van der Waals surface area contributed by atoms with E-state index in [2.05, 4.69) is 6.92 Å². The third-order valence-corrected chi connectivity index (χ3v) is 4.27. The average Bonchev–Trinajstić information content (AvgIpc) is 2.88. The van der Waals surface area contributed by atoms with Crippen LogP contribution < -0.4 is 0 Å². The molecule has 2 rings (SSSR count). The highest BCUT2D eigenvalue weighted by molar-refractivity contribution is 7.12. The highest BCUT2D eigenvalue weighted by Gasteiger charge is 2.12. The summed E-state index contributed by atoms with van der Waals surface area (Å²) < 4.78 is 0. The number of nitrogens with zero attached hydrogens (tertiary/aromatic N) is 1. The van der Waals surface area contributed by atoms with Crippen LogP contribution in [-0.2, 0) is 12.8 Å². The van der Waals surface area contributed by atoms with Gasteiger partial charge in [-0.05, 0) is 24.1 Å². The second-order valence-electron chi connectivity index (χ2n) is 4.30. The van der Waals surface area contributed by atoms with E-state index in [0.717, 1.165) is 16.9 Å². The Kier molecular flexibility index (Phi) is 4.29. The van der Waals surface area contributed by atoms with Crippen LogP contribution in [0.4, 0.5) is 5.69 Å². The maximum Gasteiger partial charge on any atom is 0.269 e. The van der Waals surface area contributed by atoms with E-state index in [1.165, 1.54) is 17.0 Å². The number of rotatable bonds is 5. The molecule has 0 saturated carbocycles. The summed E-state index contributed by atoms with van der Waals surface area (Å²) in [4.78, 5) is 12.3. The molecule has 0 bridgehead atoms. The van der Waals surface area contributed by atoms with Gasteiger partial charge < -0.3 is 5.11 Å². The first-order chi connectivity index (χ1) is 9.10. The summed E-state index contributed by atoms with van der Waals surface area (Å²) in [5, 5.41) is 20.7. The Hall–Kier alpha value is -1.72. The minimum atomic E-state index is -0.549. The van der Waals surface area contributed by atoms with Crippen LogP contribution in [0.15, 0.2) is 36.4 Å². The molecule has 1 atom stereocenters. The maximum atomic E-state index is 10.5. The summed E-state index contributed by atoms with van der Waals surface area (Å²) in [5.74, 6) is 0. The normalized spacial score (nSPS) is 12.3. The minimum absolute atomic E-state index is 0.0719. The zero-order valence-electron chi connectivity index (χ0n) is 10.6. The Bertz CT molecular complexity index is 562. The SMILES string of the molecule is CCc1ccc(C(O)Cc2ccc([N+](=O)[O-])cc2)s1. The van der Waals surface area contributed by atoms with Gasteiger partial charge in [0.25, 0.3) is 5.69 Å². The topological polar surface area (TPSA) is 63.4 Å². The molecular formula is C14H15NO3S. The van der Waals surface area contributed by atoms with Gasteiger partial charge in [0, 0.05) is 28.3 Å². The van der Waals surface area contributed by atoms with Gasteiger partial charge >= 0.3 is 0 Å². The molecule has 100 valence electrons. The molecule has 0 saturated heterocycles. The van der Waals surface area contributed by atoms with Crippen LogP contribution in [0.1, 0.15) is 28.3 Å². The van der Waals surface area contributed by atoms with Gasteiger partial charge in [0.05, 0.1) is 11.0 Å². The fourth-order valence-corrected chi connectivity index (χ4v) is 2.78. The summed E-state index contributed by atoms with van der Waals surface area (Å²) in [7, 11) is 0. The highest BCUT2D eigenvalue weighted by Crippen LogP contribution is 2.26. The zero-order chi connectivity index (χ0) is 13.8. The summed E-state index contributed by atoms with van der Waals surface area (Å²) in [6, 6.07) is 10.3. The molecule has 1 aromatic heterocycles. The number of thiophene rings is 1. The molecule has 5 heteroatoms. The average molecular weight is 277 g/mol. The molecule has 19 heavy (non-hydrogen) atoms.